The highest BCUT2D eigenvalue weighted by Crippen LogP contribution is 2.27. The van der Waals surface area contributed by atoms with E-state index in [1.54, 1.807) is 26.4 Å². The fraction of sp³-hybridized carbons (Fsp3) is 0.208. The van der Waals surface area contributed by atoms with Crippen LogP contribution in [-0.2, 0) is 13.1 Å². The predicted octanol–water partition coefficient (Wildman–Crippen LogP) is 3.74. The summed E-state index contributed by atoms with van der Waals surface area (Å²) in [6.45, 7) is 3.08. The maximum Gasteiger partial charge on any atom is 0.251 e. The summed E-state index contributed by atoms with van der Waals surface area (Å²) in [4.78, 5) is 12.7. The molecule has 1 amide bonds. The maximum absolute atomic E-state index is 12.7. The van der Waals surface area contributed by atoms with Crippen molar-refractivity contribution in [2.75, 3.05) is 14.2 Å². The Morgan fingerprint density at radius 3 is 2.58 bits per heavy atom. The lowest BCUT2D eigenvalue weighted by Gasteiger charge is -2.10. The molecule has 3 aromatic carbocycles. The summed E-state index contributed by atoms with van der Waals surface area (Å²) in [5, 5.41) is 11.5. The van der Waals surface area contributed by atoms with Crippen LogP contribution in [0.3, 0.4) is 0 Å². The third-order valence-electron chi connectivity index (χ3n) is 5.26. The first-order valence-electron chi connectivity index (χ1n) is 9.96. The first-order valence-corrected chi connectivity index (χ1v) is 9.96. The number of aromatic nitrogens is 3. The van der Waals surface area contributed by atoms with Crippen molar-refractivity contribution in [2.24, 2.45) is 0 Å². The maximum atomic E-state index is 12.7. The Hall–Kier alpha value is -3.87. The third-order valence-corrected chi connectivity index (χ3v) is 5.26. The topological polar surface area (TPSA) is 78.3 Å². The minimum absolute atomic E-state index is 0.176. The van der Waals surface area contributed by atoms with E-state index in [9.17, 15) is 4.79 Å². The molecule has 0 aliphatic heterocycles. The second-order valence-corrected chi connectivity index (χ2v) is 7.25. The van der Waals surface area contributed by atoms with Crippen molar-refractivity contribution in [3.8, 4) is 11.5 Å². The van der Waals surface area contributed by atoms with Crippen LogP contribution in [0.5, 0.6) is 11.5 Å². The van der Waals surface area contributed by atoms with Crippen LogP contribution in [-0.4, -0.2) is 35.1 Å². The van der Waals surface area contributed by atoms with Gasteiger partial charge in [0.15, 0.2) is 11.5 Å². The van der Waals surface area contributed by atoms with Crippen LogP contribution in [0.1, 0.15) is 27.0 Å². The summed E-state index contributed by atoms with van der Waals surface area (Å²) >= 11 is 0. The summed E-state index contributed by atoms with van der Waals surface area (Å²) < 4.78 is 12.4. The number of fused-ring (bicyclic) bond motifs is 1. The van der Waals surface area contributed by atoms with Crippen molar-refractivity contribution in [1.29, 1.82) is 0 Å². The zero-order chi connectivity index (χ0) is 21.8. The summed E-state index contributed by atoms with van der Waals surface area (Å²) in [5.41, 5.74) is 5.42. The van der Waals surface area contributed by atoms with Gasteiger partial charge in [-0.3, -0.25) is 4.79 Å². The van der Waals surface area contributed by atoms with Crippen molar-refractivity contribution in [2.45, 2.75) is 20.0 Å². The van der Waals surface area contributed by atoms with Gasteiger partial charge in [-0.15, -0.1) is 5.10 Å². The van der Waals surface area contributed by atoms with Crippen LogP contribution in [0.25, 0.3) is 11.0 Å². The number of amides is 1. The van der Waals surface area contributed by atoms with Crippen molar-refractivity contribution >= 4 is 16.9 Å². The van der Waals surface area contributed by atoms with Gasteiger partial charge in [-0.05, 0) is 53.9 Å². The number of methoxy groups -OCH3 is 2. The number of hydrogen-bond donors (Lipinski definition) is 1. The van der Waals surface area contributed by atoms with Gasteiger partial charge in [0.05, 0.1) is 26.3 Å². The molecule has 7 heteroatoms. The molecule has 7 nitrogen and oxygen atoms in total. The smallest absolute Gasteiger partial charge is 0.251 e. The van der Waals surface area contributed by atoms with Crippen LogP contribution in [0.4, 0.5) is 0 Å². The molecule has 0 saturated carbocycles. The van der Waals surface area contributed by atoms with Crippen molar-refractivity contribution < 1.29 is 14.3 Å². The summed E-state index contributed by atoms with van der Waals surface area (Å²) in [7, 11) is 3.17. The van der Waals surface area contributed by atoms with Gasteiger partial charge in [0.1, 0.15) is 5.52 Å². The Bertz CT molecular complexity index is 1230. The molecular formula is C24H24N4O3. The largest absolute Gasteiger partial charge is 0.493 e. The van der Waals surface area contributed by atoms with Crippen LogP contribution < -0.4 is 14.8 Å². The van der Waals surface area contributed by atoms with E-state index in [1.807, 2.05) is 41.1 Å². The molecule has 0 unspecified atom stereocenters. The number of rotatable bonds is 7. The Kier molecular flexibility index (Phi) is 5.84. The van der Waals surface area contributed by atoms with E-state index in [2.05, 4.69) is 34.7 Å². The number of nitrogens with one attached hydrogen (secondary N) is 1. The lowest BCUT2D eigenvalue weighted by atomic mass is 10.1. The molecule has 0 bridgehead atoms. The minimum Gasteiger partial charge on any atom is -0.493 e. The van der Waals surface area contributed by atoms with Gasteiger partial charge in [0, 0.05) is 12.1 Å². The van der Waals surface area contributed by atoms with Gasteiger partial charge in [0.25, 0.3) is 5.91 Å². The molecule has 0 spiro atoms. The molecule has 0 aliphatic rings. The number of nitrogens with zero attached hydrogens (tertiary/aromatic N) is 3. The minimum atomic E-state index is -0.176. The van der Waals surface area contributed by atoms with E-state index in [4.69, 9.17) is 9.47 Å². The van der Waals surface area contributed by atoms with Crippen LogP contribution >= 0.6 is 0 Å². The molecule has 4 aromatic rings. The van der Waals surface area contributed by atoms with E-state index in [0.29, 0.717) is 35.7 Å². The zero-order valence-corrected chi connectivity index (χ0v) is 17.8. The quantitative estimate of drug-likeness (QED) is 0.497. The molecule has 31 heavy (non-hydrogen) atoms. The fourth-order valence-corrected chi connectivity index (χ4v) is 3.45. The van der Waals surface area contributed by atoms with Gasteiger partial charge in [-0.1, -0.05) is 35.5 Å². The highest BCUT2D eigenvalue weighted by molar-refractivity contribution is 5.97. The molecule has 1 heterocycles. The monoisotopic (exact) mass is 416 g/mol. The van der Waals surface area contributed by atoms with E-state index in [1.165, 1.54) is 11.1 Å². The molecule has 1 N–H and O–H groups in total. The molecule has 0 atom stereocenters. The number of aryl methyl sites for hydroxylation is 1. The second kappa shape index (κ2) is 8.87. The standard InChI is InChI=1S/C24H24N4O3/c1-16-6-4-5-7-19(16)15-28-21-10-9-18(13-20(21)26-27-28)24(29)25-14-17-8-11-22(30-2)23(12-17)31-3/h4-13H,14-15H2,1-3H3,(H,25,29). The summed E-state index contributed by atoms with van der Waals surface area (Å²) in [6.07, 6.45) is 0. The lowest BCUT2D eigenvalue weighted by molar-refractivity contribution is 0.0951. The Balaban J connectivity index is 1.47. The van der Waals surface area contributed by atoms with Crippen molar-refractivity contribution in [3.05, 3.63) is 82.9 Å². The van der Waals surface area contributed by atoms with Crippen LogP contribution in [0, 0.1) is 6.92 Å². The molecular weight excluding hydrogens is 392 g/mol. The number of ether oxygens (including phenoxy) is 2. The second-order valence-electron chi connectivity index (χ2n) is 7.25. The highest BCUT2D eigenvalue weighted by Gasteiger charge is 2.12. The van der Waals surface area contributed by atoms with Gasteiger partial charge in [0.2, 0.25) is 0 Å². The van der Waals surface area contributed by atoms with Gasteiger partial charge < -0.3 is 14.8 Å². The number of benzene rings is 3. The first-order chi connectivity index (χ1) is 15.1. The highest BCUT2D eigenvalue weighted by atomic mass is 16.5. The van der Waals surface area contributed by atoms with E-state index >= 15 is 0 Å². The molecule has 0 aliphatic carbocycles. The average Bonchev–Trinajstić information content (AvgIpc) is 3.20. The fourth-order valence-electron chi connectivity index (χ4n) is 3.45. The molecule has 1 aromatic heterocycles. The molecule has 0 fully saturated rings. The summed E-state index contributed by atoms with van der Waals surface area (Å²) in [6, 6.07) is 19.2. The normalized spacial score (nSPS) is 10.8. The predicted molar refractivity (Wildman–Crippen MR) is 119 cm³/mol. The van der Waals surface area contributed by atoms with E-state index < -0.39 is 0 Å². The number of carbonyl (C=O) groups excluding carboxylic acids is 1. The van der Waals surface area contributed by atoms with Crippen LogP contribution in [0.15, 0.2) is 60.7 Å². The van der Waals surface area contributed by atoms with Crippen molar-refractivity contribution in [3.63, 3.8) is 0 Å². The Labute approximate surface area is 180 Å². The number of hydrogen-bond acceptors (Lipinski definition) is 5. The van der Waals surface area contributed by atoms with Crippen molar-refractivity contribution in [1.82, 2.24) is 20.3 Å². The molecule has 158 valence electrons. The van der Waals surface area contributed by atoms with Gasteiger partial charge in [-0.25, -0.2) is 4.68 Å². The Morgan fingerprint density at radius 1 is 1.00 bits per heavy atom. The van der Waals surface area contributed by atoms with E-state index in [0.717, 1.165) is 11.1 Å². The Morgan fingerprint density at radius 2 is 1.81 bits per heavy atom. The summed E-state index contributed by atoms with van der Waals surface area (Å²) in [5.74, 6) is 1.10. The molecule has 0 radical (unpaired) electrons. The van der Waals surface area contributed by atoms with Crippen LogP contribution in [0.2, 0.25) is 0 Å². The third kappa shape index (κ3) is 4.35. The molecule has 0 saturated heterocycles. The number of carbonyl (C=O) groups is 1. The zero-order valence-electron chi connectivity index (χ0n) is 17.8. The first kappa shape index (κ1) is 20.4. The molecule has 4 rings (SSSR count). The van der Waals surface area contributed by atoms with Gasteiger partial charge in [-0.2, -0.15) is 0 Å². The lowest BCUT2D eigenvalue weighted by Crippen LogP contribution is -2.22. The SMILES string of the molecule is COc1ccc(CNC(=O)c2ccc3c(c2)nnn3Cc2ccccc2C)cc1OC. The van der Waals surface area contributed by atoms with Gasteiger partial charge >= 0.3 is 0 Å². The van der Waals surface area contributed by atoms with E-state index in [-0.39, 0.29) is 5.91 Å². The average molecular weight is 416 g/mol.